The molecule has 4 fully saturated rings. The van der Waals surface area contributed by atoms with E-state index in [2.05, 4.69) is 30.5 Å². The number of quaternary nitrogens is 1. The maximum Gasteiger partial charge on any atom is 0.137 e. The Labute approximate surface area is 178 Å². The molecule has 0 saturated heterocycles. The fraction of sp³-hybridized carbons (Fsp3) is 0.600. The number of nitrogens with one attached hydrogen (secondary N) is 1. The average Bonchev–Trinajstić information content (AvgIpc) is 3.19. The summed E-state index contributed by atoms with van der Waals surface area (Å²) in [6.45, 7) is 4.28. The molecule has 0 aliphatic heterocycles. The zero-order valence-electron chi connectivity index (χ0n) is 17.5. The first kappa shape index (κ1) is 19.6. The van der Waals surface area contributed by atoms with E-state index in [4.69, 9.17) is 4.74 Å². The van der Waals surface area contributed by atoms with Crippen LogP contribution in [0.3, 0.4) is 0 Å². The van der Waals surface area contributed by atoms with Crippen molar-refractivity contribution in [3.8, 4) is 5.75 Å². The number of aryl methyl sites for hydroxylation is 1. The summed E-state index contributed by atoms with van der Waals surface area (Å²) in [7, 11) is 0. The summed E-state index contributed by atoms with van der Waals surface area (Å²) in [5.41, 5.74) is 1.51. The molecule has 1 unspecified atom stereocenters. The summed E-state index contributed by atoms with van der Waals surface area (Å²) >= 11 is 1.86. The Bertz CT molecular complexity index is 783. The fourth-order valence-corrected chi connectivity index (χ4v) is 7.64. The number of aliphatic hydroxyl groups excluding tert-OH is 1. The standard InChI is InChI=1S/C25H33NO2S/c1-18-5-2-3-7-24(18)28-17-22(27)15-26(16-23-6-4-8-29-23)25-12-19-9-20(13-25)11-21(10-19)14-25/h2-8,19-22,27H,9-17H2,1H3/p+1/t19?,20?,21?,22-,25?/m1/s1. The number of ether oxygens (including phenoxy) is 1. The van der Waals surface area contributed by atoms with Crippen molar-refractivity contribution in [2.45, 2.75) is 63.6 Å². The lowest BCUT2D eigenvalue weighted by Crippen LogP contribution is -3.21. The van der Waals surface area contributed by atoms with E-state index in [0.717, 1.165) is 42.2 Å². The monoisotopic (exact) mass is 412 g/mol. The lowest BCUT2D eigenvalue weighted by molar-refractivity contribution is -0.974. The zero-order chi connectivity index (χ0) is 19.8. The van der Waals surface area contributed by atoms with Crippen LogP contribution in [0.1, 0.15) is 49.0 Å². The van der Waals surface area contributed by atoms with Crippen LogP contribution >= 0.6 is 11.3 Å². The molecule has 1 aromatic carbocycles. The fourth-order valence-electron chi connectivity index (χ4n) is 6.89. The summed E-state index contributed by atoms with van der Waals surface area (Å²) in [4.78, 5) is 3.06. The van der Waals surface area contributed by atoms with Crippen molar-refractivity contribution in [1.29, 1.82) is 0 Å². The Hall–Kier alpha value is -1.36. The normalized spacial score (nSPS) is 32.3. The predicted octanol–water partition coefficient (Wildman–Crippen LogP) is 3.85. The van der Waals surface area contributed by atoms with E-state index < -0.39 is 6.10 Å². The Morgan fingerprint density at radius 3 is 2.38 bits per heavy atom. The Morgan fingerprint density at radius 1 is 1.07 bits per heavy atom. The van der Waals surface area contributed by atoms with E-state index in [0.29, 0.717) is 12.1 Å². The van der Waals surface area contributed by atoms with E-state index in [1.54, 1.807) is 4.90 Å². The van der Waals surface area contributed by atoms with Gasteiger partial charge >= 0.3 is 0 Å². The second-order valence-electron chi connectivity index (χ2n) is 9.99. The molecule has 4 aliphatic rings. The van der Waals surface area contributed by atoms with Crippen molar-refractivity contribution in [3.05, 3.63) is 52.2 Å². The van der Waals surface area contributed by atoms with Crippen molar-refractivity contribution < 1.29 is 14.7 Å². The zero-order valence-corrected chi connectivity index (χ0v) is 18.3. The van der Waals surface area contributed by atoms with E-state index in [1.165, 1.54) is 43.4 Å². The molecular formula is C25H34NO2S+. The first-order chi connectivity index (χ1) is 14.1. The van der Waals surface area contributed by atoms with Gasteiger partial charge in [-0.25, -0.2) is 0 Å². The van der Waals surface area contributed by atoms with Gasteiger partial charge in [-0.05, 0) is 67.0 Å². The molecule has 0 amide bonds. The summed E-state index contributed by atoms with van der Waals surface area (Å²) in [6.07, 6.45) is 8.05. The molecule has 4 heteroatoms. The average molecular weight is 413 g/mol. The highest BCUT2D eigenvalue weighted by Gasteiger charge is 2.56. The third kappa shape index (κ3) is 4.12. The predicted molar refractivity (Wildman–Crippen MR) is 117 cm³/mol. The van der Waals surface area contributed by atoms with Crippen LogP contribution in [0.2, 0.25) is 0 Å². The highest BCUT2D eigenvalue weighted by atomic mass is 32.1. The van der Waals surface area contributed by atoms with Gasteiger partial charge in [0.2, 0.25) is 0 Å². The maximum atomic E-state index is 11.0. The van der Waals surface area contributed by atoms with E-state index >= 15 is 0 Å². The molecule has 4 bridgehead atoms. The van der Waals surface area contributed by atoms with Crippen molar-refractivity contribution in [2.24, 2.45) is 17.8 Å². The molecule has 4 aliphatic carbocycles. The van der Waals surface area contributed by atoms with Crippen LogP contribution in [0, 0.1) is 24.7 Å². The molecule has 0 spiro atoms. The molecule has 2 aromatic rings. The molecule has 1 aromatic heterocycles. The van der Waals surface area contributed by atoms with Gasteiger partial charge in [0.25, 0.3) is 0 Å². The summed E-state index contributed by atoms with van der Waals surface area (Å²) < 4.78 is 5.99. The van der Waals surface area contributed by atoms with Crippen LogP contribution in [0.25, 0.3) is 0 Å². The molecule has 3 nitrogen and oxygen atoms in total. The van der Waals surface area contributed by atoms with Gasteiger partial charge in [0.15, 0.2) is 0 Å². The van der Waals surface area contributed by atoms with Crippen molar-refractivity contribution >= 4 is 11.3 Å². The van der Waals surface area contributed by atoms with E-state index in [1.807, 2.05) is 29.5 Å². The number of para-hydroxylation sites is 1. The minimum Gasteiger partial charge on any atom is -0.490 e. The van der Waals surface area contributed by atoms with Gasteiger partial charge in [-0.1, -0.05) is 24.3 Å². The van der Waals surface area contributed by atoms with Gasteiger partial charge in [-0.3, -0.25) is 0 Å². The van der Waals surface area contributed by atoms with Crippen LogP contribution in [0.5, 0.6) is 5.75 Å². The van der Waals surface area contributed by atoms with Gasteiger partial charge in [-0.15, -0.1) is 11.3 Å². The lowest BCUT2D eigenvalue weighted by atomic mass is 9.52. The SMILES string of the molecule is Cc1ccccc1OC[C@H](O)C[NH+](Cc1cccs1)C12CC3CC(CC(C3)C1)C2. The molecule has 29 heavy (non-hydrogen) atoms. The van der Waals surface area contributed by atoms with Gasteiger partial charge in [0.1, 0.15) is 31.5 Å². The van der Waals surface area contributed by atoms with Gasteiger partial charge in [0, 0.05) is 19.3 Å². The summed E-state index contributed by atoms with van der Waals surface area (Å²) in [5.74, 6) is 3.68. The highest BCUT2D eigenvalue weighted by molar-refractivity contribution is 7.09. The topological polar surface area (TPSA) is 33.9 Å². The minimum atomic E-state index is -0.433. The largest absolute Gasteiger partial charge is 0.490 e. The third-order valence-corrected chi connectivity index (χ3v) is 8.64. The van der Waals surface area contributed by atoms with Crippen molar-refractivity contribution in [1.82, 2.24) is 0 Å². The molecule has 4 saturated carbocycles. The summed E-state index contributed by atoms with van der Waals surface area (Å²) in [6, 6.07) is 12.5. The Morgan fingerprint density at radius 2 is 1.76 bits per heavy atom. The third-order valence-electron chi connectivity index (χ3n) is 7.76. The van der Waals surface area contributed by atoms with Gasteiger partial charge in [0.05, 0.1) is 10.4 Å². The van der Waals surface area contributed by atoms with Gasteiger partial charge in [-0.2, -0.15) is 0 Å². The molecule has 6 rings (SSSR count). The van der Waals surface area contributed by atoms with Crippen LogP contribution in [-0.2, 0) is 6.54 Å². The Kier molecular flexibility index (Phi) is 5.44. The number of rotatable bonds is 8. The number of thiophene rings is 1. The van der Waals surface area contributed by atoms with E-state index in [-0.39, 0.29) is 0 Å². The molecule has 0 radical (unpaired) electrons. The second kappa shape index (κ2) is 8.05. The molecule has 2 atom stereocenters. The van der Waals surface area contributed by atoms with Crippen LogP contribution in [0.4, 0.5) is 0 Å². The number of aliphatic hydroxyl groups is 1. The number of hydrogen-bond donors (Lipinski definition) is 2. The van der Waals surface area contributed by atoms with Crippen molar-refractivity contribution in [3.63, 3.8) is 0 Å². The van der Waals surface area contributed by atoms with Crippen molar-refractivity contribution in [2.75, 3.05) is 13.2 Å². The number of hydrogen-bond acceptors (Lipinski definition) is 3. The summed E-state index contributed by atoms with van der Waals surface area (Å²) in [5, 5.41) is 13.1. The van der Waals surface area contributed by atoms with Crippen LogP contribution in [0.15, 0.2) is 41.8 Å². The lowest BCUT2D eigenvalue weighted by Gasteiger charge is -2.58. The van der Waals surface area contributed by atoms with Gasteiger partial charge < -0.3 is 14.7 Å². The smallest absolute Gasteiger partial charge is 0.137 e. The molecular weight excluding hydrogens is 378 g/mol. The maximum absolute atomic E-state index is 11.0. The second-order valence-corrected chi connectivity index (χ2v) is 11.0. The van der Waals surface area contributed by atoms with Crippen LogP contribution in [-0.4, -0.2) is 29.9 Å². The molecule has 1 heterocycles. The quantitative estimate of drug-likeness (QED) is 0.691. The molecule has 156 valence electrons. The highest BCUT2D eigenvalue weighted by Crippen LogP contribution is 2.54. The number of benzene rings is 1. The van der Waals surface area contributed by atoms with Crippen LogP contribution < -0.4 is 9.64 Å². The van der Waals surface area contributed by atoms with E-state index in [9.17, 15) is 5.11 Å². The minimum absolute atomic E-state index is 0.377. The first-order valence-corrected chi connectivity index (χ1v) is 12.2. The Balaban J connectivity index is 1.30. The molecule has 2 N–H and O–H groups in total. The first-order valence-electron chi connectivity index (χ1n) is 11.3.